The lowest BCUT2D eigenvalue weighted by Crippen LogP contribution is -2.47. The summed E-state index contributed by atoms with van der Waals surface area (Å²) in [5, 5.41) is 4.85. The van der Waals surface area contributed by atoms with Crippen molar-refractivity contribution in [2.24, 2.45) is 0 Å². The molecule has 0 radical (unpaired) electrons. The van der Waals surface area contributed by atoms with Crippen molar-refractivity contribution in [1.82, 2.24) is 0 Å². The smallest absolute Gasteiger partial charge is 0.248 e. The molecule has 0 aliphatic heterocycles. The molecule has 0 saturated carbocycles. The number of hydrogen-bond acceptors (Lipinski definition) is 3. The number of hydrogen-bond donors (Lipinski definition) is 1. The summed E-state index contributed by atoms with van der Waals surface area (Å²) in [6, 6.07) is 19.7. The Morgan fingerprint density at radius 1 is 1.04 bits per heavy atom. The summed E-state index contributed by atoms with van der Waals surface area (Å²) in [7, 11) is -3.65. The minimum Gasteiger partial charge on any atom is -0.324 e. The maximum Gasteiger partial charge on any atom is 0.248 e. The standard InChI is InChI=1S/C22H24N2O3S/c1-4-21(24(28(3,26)27)18-12-7-9-16(2)15-18)22(25)23-20-14-8-11-17-10-5-6-13-19(17)20/h5-15,21H,4H2,1-3H3,(H,23,25)/t21-/m1/s1. The number of aryl methyl sites for hydroxylation is 1. The predicted molar refractivity (Wildman–Crippen MR) is 115 cm³/mol. The molecule has 28 heavy (non-hydrogen) atoms. The van der Waals surface area contributed by atoms with E-state index in [1.807, 2.05) is 55.5 Å². The molecular formula is C22H24N2O3S. The van der Waals surface area contributed by atoms with Crippen LogP contribution in [0.4, 0.5) is 11.4 Å². The molecule has 6 heteroatoms. The van der Waals surface area contributed by atoms with Crippen LogP contribution in [0.3, 0.4) is 0 Å². The predicted octanol–water partition coefficient (Wildman–Crippen LogP) is 4.33. The lowest BCUT2D eigenvalue weighted by Gasteiger charge is -2.30. The Hall–Kier alpha value is -2.86. The van der Waals surface area contributed by atoms with E-state index in [9.17, 15) is 13.2 Å². The van der Waals surface area contributed by atoms with E-state index in [2.05, 4.69) is 5.32 Å². The van der Waals surface area contributed by atoms with Gasteiger partial charge < -0.3 is 5.32 Å². The van der Waals surface area contributed by atoms with Crippen molar-refractivity contribution in [1.29, 1.82) is 0 Å². The molecule has 0 heterocycles. The molecule has 146 valence electrons. The molecule has 0 spiro atoms. The molecule has 1 atom stereocenters. The maximum absolute atomic E-state index is 13.1. The molecule has 0 aliphatic carbocycles. The molecule has 5 nitrogen and oxygen atoms in total. The second-order valence-electron chi connectivity index (χ2n) is 6.84. The van der Waals surface area contributed by atoms with E-state index in [-0.39, 0.29) is 5.91 Å². The van der Waals surface area contributed by atoms with Crippen LogP contribution in [0.25, 0.3) is 10.8 Å². The molecule has 0 aromatic heterocycles. The van der Waals surface area contributed by atoms with E-state index in [0.29, 0.717) is 17.8 Å². The van der Waals surface area contributed by atoms with Crippen molar-refractivity contribution in [3.63, 3.8) is 0 Å². The third-order valence-electron chi connectivity index (χ3n) is 4.63. The first kappa shape index (κ1) is 19.9. The average molecular weight is 397 g/mol. The van der Waals surface area contributed by atoms with Gasteiger partial charge in [0.05, 0.1) is 11.9 Å². The number of nitrogens with zero attached hydrogens (tertiary/aromatic N) is 1. The van der Waals surface area contributed by atoms with Crippen LogP contribution < -0.4 is 9.62 Å². The molecule has 3 aromatic rings. The van der Waals surface area contributed by atoms with E-state index in [0.717, 1.165) is 22.6 Å². The van der Waals surface area contributed by atoms with Crippen molar-refractivity contribution in [3.05, 3.63) is 72.3 Å². The second kappa shape index (κ2) is 8.02. The molecule has 0 aliphatic rings. The molecule has 0 saturated heterocycles. The highest BCUT2D eigenvalue weighted by Gasteiger charge is 2.31. The highest BCUT2D eigenvalue weighted by atomic mass is 32.2. The molecule has 0 bridgehead atoms. The van der Waals surface area contributed by atoms with Gasteiger partial charge in [0.25, 0.3) is 0 Å². The van der Waals surface area contributed by atoms with Gasteiger partial charge in [-0.3, -0.25) is 9.10 Å². The van der Waals surface area contributed by atoms with E-state index < -0.39 is 16.1 Å². The zero-order valence-corrected chi connectivity index (χ0v) is 17.0. The van der Waals surface area contributed by atoms with E-state index in [1.54, 1.807) is 25.1 Å². The van der Waals surface area contributed by atoms with Crippen LogP contribution in [-0.4, -0.2) is 26.6 Å². The summed E-state index contributed by atoms with van der Waals surface area (Å²) < 4.78 is 26.3. The number of benzene rings is 3. The molecule has 0 fully saturated rings. The lowest BCUT2D eigenvalue weighted by atomic mass is 10.1. The van der Waals surface area contributed by atoms with Gasteiger partial charge >= 0.3 is 0 Å². The van der Waals surface area contributed by atoms with Gasteiger partial charge in [0.15, 0.2) is 0 Å². The van der Waals surface area contributed by atoms with Crippen LogP contribution in [0.2, 0.25) is 0 Å². The molecule has 3 aromatic carbocycles. The third kappa shape index (κ3) is 4.17. The Bertz CT molecular complexity index is 1100. The Kier molecular flexibility index (Phi) is 5.70. The summed E-state index contributed by atoms with van der Waals surface area (Å²) >= 11 is 0. The Labute approximate surface area is 166 Å². The van der Waals surface area contributed by atoms with Gasteiger partial charge in [-0.15, -0.1) is 0 Å². The van der Waals surface area contributed by atoms with Crippen LogP contribution in [0.1, 0.15) is 18.9 Å². The van der Waals surface area contributed by atoms with Gasteiger partial charge in [0.1, 0.15) is 6.04 Å². The summed E-state index contributed by atoms with van der Waals surface area (Å²) in [6.45, 7) is 3.70. The van der Waals surface area contributed by atoms with Crippen molar-refractivity contribution in [2.45, 2.75) is 26.3 Å². The van der Waals surface area contributed by atoms with Crippen molar-refractivity contribution >= 4 is 38.1 Å². The molecule has 0 unspecified atom stereocenters. The van der Waals surface area contributed by atoms with Crippen molar-refractivity contribution < 1.29 is 13.2 Å². The summed E-state index contributed by atoms with van der Waals surface area (Å²) in [5.41, 5.74) is 2.08. The lowest BCUT2D eigenvalue weighted by molar-refractivity contribution is -0.117. The Balaban J connectivity index is 1.99. The van der Waals surface area contributed by atoms with Crippen molar-refractivity contribution in [3.8, 4) is 0 Å². The Morgan fingerprint density at radius 2 is 1.71 bits per heavy atom. The van der Waals surface area contributed by atoms with Gasteiger partial charge in [0, 0.05) is 11.1 Å². The van der Waals surface area contributed by atoms with E-state index >= 15 is 0 Å². The van der Waals surface area contributed by atoms with Gasteiger partial charge in [0.2, 0.25) is 15.9 Å². The molecular weight excluding hydrogens is 372 g/mol. The van der Waals surface area contributed by atoms with Gasteiger partial charge in [-0.1, -0.05) is 55.5 Å². The fourth-order valence-electron chi connectivity index (χ4n) is 3.38. The normalized spacial score (nSPS) is 12.5. The summed E-state index contributed by atoms with van der Waals surface area (Å²) in [4.78, 5) is 13.1. The number of anilines is 2. The largest absolute Gasteiger partial charge is 0.324 e. The third-order valence-corrected chi connectivity index (χ3v) is 5.81. The topological polar surface area (TPSA) is 66.5 Å². The SMILES string of the molecule is CC[C@H](C(=O)Nc1cccc2ccccc12)N(c1cccc(C)c1)S(C)(=O)=O. The van der Waals surface area contributed by atoms with Crippen LogP contribution in [0, 0.1) is 6.92 Å². The quantitative estimate of drug-likeness (QED) is 0.674. The fraction of sp³-hybridized carbons (Fsp3) is 0.227. The summed E-state index contributed by atoms with van der Waals surface area (Å²) in [5.74, 6) is -0.356. The minimum absolute atomic E-state index is 0.345. The number of nitrogens with one attached hydrogen (secondary N) is 1. The number of fused-ring (bicyclic) bond motifs is 1. The van der Waals surface area contributed by atoms with Crippen LogP contribution in [-0.2, 0) is 14.8 Å². The molecule has 3 rings (SSSR count). The molecule has 1 N–H and O–H groups in total. The zero-order valence-electron chi connectivity index (χ0n) is 16.2. The number of rotatable bonds is 6. The second-order valence-corrected chi connectivity index (χ2v) is 8.70. The monoisotopic (exact) mass is 396 g/mol. The van der Waals surface area contributed by atoms with E-state index in [1.165, 1.54) is 4.31 Å². The maximum atomic E-state index is 13.1. The number of sulfonamides is 1. The van der Waals surface area contributed by atoms with Crippen molar-refractivity contribution in [2.75, 3.05) is 15.9 Å². The van der Waals surface area contributed by atoms with Gasteiger partial charge in [-0.05, 0) is 42.5 Å². The summed E-state index contributed by atoms with van der Waals surface area (Å²) in [6.07, 6.45) is 1.47. The number of carbonyl (C=O) groups excluding carboxylic acids is 1. The van der Waals surface area contributed by atoms with Crippen LogP contribution in [0.5, 0.6) is 0 Å². The van der Waals surface area contributed by atoms with Gasteiger partial charge in [-0.25, -0.2) is 8.42 Å². The van der Waals surface area contributed by atoms with Gasteiger partial charge in [-0.2, -0.15) is 0 Å². The zero-order chi connectivity index (χ0) is 20.3. The van der Waals surface area contributed by atoms with E-state index in [4.69, 9.17) is 0 Å². The average Bonchev–Trinajstić information content (AvgIpc) is 2.65. The first-order chi connectivity index (χ1) is 13.3. The molecule has 1 amide bonds. The number of amides is 1. The highest BCUT2D eigenvalue weighted by Crippen LogP contribution is 2.26. The van der Waals surface area contributed by atoms with Crippen LogP contribution >= 0.6 is 0 Å². The minimum atomic E-state index is -3.65. The highest BCUT2D eigenvalue weighted by molar-refractivity contribution is 7.92. The fourth-order valence-corrected chi connectivity index (χ4v) is 4.58. The first-order valence-corrected chi connectivity index (χ1v) is 11.0. The van der Waals surface area contributed by atoms with Crippen LogP contribution in [0.15, 0.2) is 66.7 Å². The first-order valence-electron chi connectivity index (χ1n) is 9.16. The number of carbonyl (C=O) groups is 1. The Morgan fingerprint density at radius 3 is 2.39 bits per heavy atom.